The van der Waals surface area contributed by atoms with Gasteiger partial charge in [0.05, 0.1) is 0 Å². The van der Waals surface area contributed by atoms with Crippen LogP contribution in [-0.2, 0) is 0 Å². The van der Waals surface area contributed by atoms with E-state index >= 15 is 0 Å². The molecule has 4 nitrogen and oxygen atoms in total. The fourth-order valence-corrected chi connectivity index (χ4v) is 0.615. The van der Waals surface area contributed by atoms with Gasteiger partial charge in [0.15, 0.2) is 5.82 Å². The molecule has 0 aliphatic rings. The van der Waals surface area contributed by atoms with E-state index in [2.05, 4.69) is 21.5 Å². The molecule has 0 aliphatic heterocycles. The van der Waals surface area contributed by atoms with Gasteiger partial charge in [0.1, 0.15) is 5.82 Å². The molecule has 0 fully saturated rings. The van der Waals surface area contributed by atoms with E-state index < -0.39 is 0 Å². The molecule has 4 heteroatoms. The molecular weight excluding hydrogens is 128 g/mol. The topological polar surface area (TPSA) is 64.7 Å². The van der Waals surface area contributed by atoms with Crippen LogP contribution in [0.3, 0.4) is 0 Å². The first kappa shape index (κ1) is 6.67. The Morgan fingerprint density at radius 2 is 2.10 bits per heavy atom. The van der Waals surface area contributed by atoms with E-state index in [0.717, 1.165) is 0 Å². The van der Waals surface area contributed by atoms with Crippen molar-refractivity contribution in [2.24, 2.45) is 0 Å². The van der Waals surface area contributed by atoms with Gasteiger partial charge in [-0.2, -0.15) is 9.97 Å². The van der Waals surface area contributed by atoms with Crippen molar-refractivity contribution >= 4 is 12.0 Å². The average Bonchev–Trinajstić information content (AvgIpc) is 1.85. The Labute approximate surface area is 58.8 Å². The van der Waals surface area contributed by atoms with Crippen LogP contribution in [-0.4, -0.2) is 15.0 Å². The number of nitrogens with two attached hydrogens (primary N) is 1. The van der Waals surface area contributed by atoms with Crippen LogP contribution >= 0.6 is 0 Å². The minimum Gasteiger partial charge on any atom is -0.368 e. The first-order valence-corrected chi connectivity index (χ1v) is 2.83. The lowest BCUT2D eigenvalue weighted by atomic mass is 10.5. The minimum absolute atomic E-state index is 0.238. The van der Waals surface area contributed by atoms with Gasteiger partial charge in [-0.25, -0.2) is 4.98 Å². The normalized spacial score (nSPS) is 9.30. The van der Waals surface area contributed by atoms with Crippen LogP contribution < -0.4 is 5.73 Å². The number of nitrogens with zero attached hydrogens (tertiary/aromatic N) is 3. The van der Waals surface area contributed by atoms with Crippen LogP contribution in [0.1, 0.15) is 11.6 Å². The van der Waals surface area contributed by atoms with Crippen molar-refractivity contribution in [3.8, 4) is 0 Å². The number of hydrogen-bond donors (Lipinski definition) is 1. The summed E-state index contributed by atoms with van der Waals surface area (Å²) in [5, 5.41) is 0. The Kier molecular flexibility index (Phi) is 1.62. The number of nitrogen functional groups attached to an aromatic ring is 1. The third-order valence-corrected chi connectivity index (χ3v) is 0.964. The van der Waals surface area contributed by atoms with Crippen molar-refractivity contribution in [2.45, 2.75) is 6.92 Å². The number of aryl methyl sites for hydroxylation is 1. The Balaban J connectivity index is 3.18. The third-order valence-electron chi connectivity index (χ3n) is 0.964. The number of anilines is 1. The van der Waals surface area contributed by atoms with Gasteiger partial charge >= 0.3 is 0 Å². The smallest absolute Gasteiger partial charge is 0.223 e. The summed E-state index contributed by atoms with van der Waals surface area (Å²) < 4.78 is 0. The molecule has 2 N–H and O–H groups in total. The second-order valence-electron chi connectivity index (χ2n) is 1.80. The molecule has 0 aromatic carbocycles. The highest BCUT2D eigenvalue weighted by Gasteiger charge is 1.94. The summed E-state index contributed by atoms with van der Waals surface area (Å²) in [4.78, 5) is 11.5. The lowest BCUT2D eigenvalue weighted by Gasteiger charge is -1.94. The fourth-order valence-electron chi connectivity index (χ4n) is 0.615. The minimum atomic E-state index is 0.238. The van der Waals surface area contributed by atoms with Crippen LogP contribution in [0.4, 0.5) is 5.95 Å². The maximum atomic E-state index is 5.32. The number of rotatable bonds is 1. The quantitative estimate of drug-likeness (QED) is 0.607. The van der Waals surface area contributed by atoms with Gasteiger partial charge in [0.2, 0.25) is 5.95 Å². The summed E-state index contributed by atoms with van der Waals surface area (Å²) in [5.41, 5.74) is 5.32. The van der Waals surface area contributed by atoms with Gasteiger partial charge in [-0.15, -0.1) is 0 Å². The average molecular weight is 136 g/mol. The van der Waals surface area contributed by atoms with E-state index in [1.807, 2.05) is 0 Å². The first-order valence-electron chi connectivity index (χ1n) is 2.83. The largest absolute Gasteiger partial charge is 0.368 e. The highest BCUT2D eigenvalue weighted by atomic mass is 15.1. The number of aromatic nitrogens is 3. The molecule has 0 radical (unpaired) electrons. The molecule has 0 bridgehead atoms. The summed E-state index contributed by atoms with van der Waals surface area (Å²) in [6.45, 7) is 5.26. The Morgan fingerprint density at radius 1 is 1.40 bits per heavy atom. The van der Waals surface area contributed by atoms with Crippen molar-refractivity contribution in [1.29, 1.82) is 0 Å². The molecule has 10 heavy (non-hydrogen) atoms. The molecule has 1 rings (SSSR count). The lowest BCUT2D eigenvalue weighted by Crippen LogP contribution is -2.01. The van der Waals surface area contributed by atoms with Crippen molar-refractivity contribution < 1.29 is 0 Å². The molecule has 0 saturated heterocycles. The predicted octanol–water partition coefficient (Wildman–Crippen LogP) is 0.405. The molecule has 1 aromatic rings. The van der Waals surface area contributed by atoms with E-state index in [0.29, 0.717) is 11.6 Å². The maximum Gasteiger partial charge on any atom is 0.223 e. The Morgan fingerprint density at radius 3 is 2.60 bits per heavy atom. The van der Waals surface area contributed by atoms with E-state index in [4.69, 9.17) is 5.73 Å². The lowest BCUT2D eigenvalue weighted by molar-refractivity contribution is 0.973. The summed E-state index contributed by atoms with van der Waals surface area (Å²) in [6, 6.07) is 0. The van der Waals surface area contributed by atoms with Gasteiger partial charge in [-0.05, 0) is 13.0 Å². The fraction of sp³-hybridized carbons (Fsp3) is 0.167. The van der Waals surface area contributed by atoms with Crippen LogP contribution in [0, 0.1) is 6.92 Å². The van der Waals surface area contributed by atoms with Gasteiger partial charge in [-0.3, -0.25) is 0 Å². The van der Waals surface area contributed by atoms with E-state index in [-0.39, 0.29) is 5.95 Å². The van der Waals surface area contributed by atoms with Gasteiger partial charge in [0, 0.05) is 0 Å². The van der Waals surface area contributed by atoms with Gasteiger partial charge in [0.25, 0.3) is 0 Å². The number of hydrogen-bond acceptors (Lipinski definition) is 4. The molecule has 0 amide bonds. The maximum absolute atomic E-state index is 5.32. The molecule has 0 atom stereocenters. The van der Waals surface area contributed by atoms with E-state index in [1.165, 1.54) is 6.08 Å². The SMILES string of the molecule is C=Cc1nc(C)nc(N)n1. The van der Waals surface area contributed by atoms with Crippen molar-refractivity contribution in [3.05, 3.63) is 18.2 Å². The summed E-state index contributed by atoms with van der Waals surface area (Å²) in [5.74, 6) is 1.37. The molecule has 0 unspecified atom stereocenters. The molecule has 1 aromatic heterocycles. The van der Waals surface area contributed by atoms with Crippen LogP contribution in [0.25, 0.3) is 6.08 Å². The molecule has 0 saturated carbocycles. The summed E-state index contributed by atoms with van der Waals surface area (Å²) in [7, 11) is 0. The van der Waals surface area contributed by atoms with Crippen molar-refractivity contribution in [2.75, 3.05) is 5.73 Å². The van der Waals surface area contributed by atoms with Crippen molar-refractivity contribution in [3.63, 3.8) is 0 Å². The molecular formula is C6H8N4. The molecule has 52 valence electrons. The van der Waals surface area contributed by atoms with E-state index in [9.17, 15) is 0 Å². The zero-order valence-electron chi connectivity index (χ0n) is 5.70. The predicted molar refractivity (Wildman–Crippen MR) is 39.1 cm³/mol. The van der Waals surface area contributed by atoms with Crippen LogP contribution in [0.15, 0.2) is 6.58 Å². The first-order chi connectivity index (χ1) is 4.72. The van der Waals surface area contributed by atoms with Crippen molar-refractivity contribution in [1.82, 2.24) is 15.0 Å². The second kappa shape index (κ2) is 2.43. The highest BCUT2D eigenvalue weighted by Crippen LogP contribution is 1.96. The molecule has 0 aliphatic carbocycles. The summed E-state index contributed by atoms with van der Waals surface area (Å²) in [6.07, 6.45) is 1.53. The van der Waals surface area contributed by atoms with Crippen LogP contribution in [0.5, 0.6) is 0 Å². The molecule has 0 spiro atoms. The second-order valence-corrected chi connectivity index (χ2v) is 1.80. The van der Waals surface area contributed by atoms with E-state index in [1.54, 1.807) is 6.92 Å². The monoisotopic (exact) mass is 136 g/mol. The Bertz CT molecular complexity index is 236. The Hall–Kier alpha value is -1.45. The standard InChI is InChI=1S/C6H8N4/c1-3-5-8-4(2)9-6(7)10-5/h3H,1H2,2H3,(H2,7,8,9,10). The molecule has 1 heterocycles. The third kappa shape index (κ3) is 1.28. The highest BCUT2D eigenvalue weighted by molar-refractivity contribution is 5.37. The zero-order chi connectivity index (χ0) is 7.56. The van der Waals surface area contributed by atoms with Gasteiger partial charge < -0.3 is 5.73 Å². The van der Waals surface area contributed by atoms with Crippen LogP contribution in [0.2, 0.25) is 0 Å². The zero-order valence-corrected chi connectivity index (χ0v) is 5.70. The summed E-state index contributed by atoms with van der Waals surface area (Å²) >= 11 is 0. The van der Waals surface area contributed by atoms with Gasteiger partial charge in [-0.1, -0.05) is 6.58 Å².